The van der Waals surface area contributed by atoms with Crippen LogP contribution in [0.2, 0.25) is 5.02 Å². The Morgan fingerprint density at radius 1 is 1.20 bits per heavy atom. The van der Waals surface area contributed by atoms with Gasteiger partial charge in [0.2, 0.25) is 11.8 Å². The Kier molecular flexibility index (Phi) is 4.57. The van der Waals surface area contributed by atoms with Crippen molar-refractivity contribution in [3.05, 3.63) is 40.9 Å². The van der Waals surface area contributed by atoms with E-state index in [4.69, 9.17) is 21.1 Å². The molecule has 0 saturated heterocycles. The highest BCUT2D eigenvalue weighted by molar-refractivity contribution is 6.30. The third-order valence-electron chi connectivity index (χ3n) is 2.64. The summed E-state index contributed by atoms with van der Waals surface area (Å²) in [5.41, 5.74) is 0.877. The normalized spacial score (nSPS) is 10.2. The molecule has 106 valence electrons. The van der Waals surface area contributed by atoms with E-state index < -0.39 is 5.82 Å². The van der Waals surface area contributed by atoms with Crippen LogP contribution < -0.4 is 14.8 Å². The van der Waals surface area contributed by atoms with Crippen LogP contribution in [0, 0.1) is 5.82 Å². The second-order valence-electron chi connectivity index (χ2n) is 3.85. The second kappa shape index (κ2) is 6.38. The van der Waals surface area contributed by atoms with Crippen LogP contribution in [0.15, 0.2) is 24.5 Å². The number of benzene rings is 1. The average molecular weight is 298 g/mol. The van der Waals surface area contributed by atoms with E-state index in [2.05, 4.69) is 15.3 Å². The van der Waals surface area contributed by atoms with Gasteiger partial charge in [-0.25, -0.2) is 14.4 Å². The van der Waals surface area contributed by atoms with Gasteiger partial charge in [-0.1, -0.05) is 11.6 Å². The van der Waals surface area contributed by atoms with Gasteiger partial charge in [-0.2, -0.15) is 0 Å². The third-order valence-corrected chi connectivity index (χ3v) is 2.87. The van der Waals surface area contributed by atoms with Crippen LogP contribution in [0.4, 0.5) is 10.1 Å². The fraction of sp³-hybridized carbons (Fsp3) is 0.231. The number of rotatable bonds is 5. The molecule has 5 nitrogen and oxygen atoms in total. The first-order valence-electron chi connectivity index (χ1n) is 5.76. The molecule has 0 saturated carbocycles. The Labute approximate surface area is 120 Å². The molecule has 0 amide bonds. The zero-order valence-corrected chi connectivity index (χ0v) is 11.7. The first kappa shape index (κ1) is 14.3. The van der Waals surface area contributed by atoms with E-state index in [1.807, 2.05) is 0 Å². The maximum atomic E-state index is 13.6. The molecule has 1 heterocycles. The summed E-state index contributed by atoms with van der Waals surface area (Å²) in [6.07, 6.45) is 1.33. The zero-order chi connectivity index (χ0) is 14.5. The largest absolute Gasteiger partial charge is 0.481 e. The summed E-state index contributed by atoms with van der Waals surface area (Å²) in [6, 6.07) is 4.27. The zero-order valence-electron chi connectivity index (χ0n) is 11.0. The Morgan fingerprint density at radius 3 is 2.45 bits per heavy atom. The van der Waals surface area contributed by atoms with Crippen molar-refractivity contribution in [2.45, 2.75) is 6.54 Å². The Bertz CT molecular complexity index is 588. The summed E-state index contributed by atoms with van der Waals surface area (Å²) in [5, 5.41) is 3.36. The Hall–Kier alpha value is -2.08. The smallest absolute Gasteiger partial charge is 0.225 e. The van der Waals surface area contributed by atoms with Gasteiger partial charge in [-0.05, 0) is 18.2 Å². The molecular formula is C13H13ClFN3O2. The maximum Gasteiger partial charge on any atom is 0.225 e. The van der Waals surface area contributed by atoms with E-state index in [0.29, 0.717) is 22.3 Å². The number of ether oxygens (including phenoxy) is 2. The van der Waals surface area contributed by atoms with Crippen LogP contribution in [0.25, 0.3) is 0 Å². The lowest BCUT2D eigenvalue weighted by Crippen LogP contribution is -2.07. The van der Waals surface area contributed by atoms with Crippen molar-refractivity contribution in [1.82, 2.24) is 9.97 Å². The molecule has 1 aromatic carbocycles. The fourth-order valence-electron chi connectivity index (χ4n) is 1.70. The maximum absolute atomic E-state index is 13.6. The van der Waals surface area contributed by atoms with Crippen LogP contribution in [-0.4, -0.2) is 24.2 Å². The number of halogens is 2. The number of anilines is 1. The molecule has 0 aliphatic carbocycles. The predicted molar refractivity (Wildman–Crippen MR) is 73.9 cm³/mol. The number of hydrogen-bond acceptors (Lipinski definition) is 5. The molecule has 0 aliphatic heterocycles. The summed E-state index contributed by atoms with van der Waals surface area (Å²) < 4.78 is 23.9. The molecule has 0 unspecified atom stereocenters. The van der Waals surface area contributed by atoms with Gasteiger partial charge >= 0.3 is 0 Å². The molecule has 0 bridgehead atoms. The van der Waals surface area contributed by atoms with Gasteiger partial charge < -0.3 is 14.8 Å². The van der Waals surface area contributed by atoms with E-state index in [0.717, 1.165) is 0 Å². The lowest BCUT2D eigenvalue weighted by molar-refractivity contribution is 0.363. The van der Waals surface area contributed by atoms with Gasteiger partial charge in [-0.15, -0.1) is 0 Å². The SMILES string of the molecule is COc1ncnc(OC)c1CNc1cc(Cl)ccc1F. The van der Waals surface area contributed by atoms with Crippen molar-refractivity contribution in [3.8, 4) is 11.8 Å². The molecule has 20 heavy (non-hydrogen) atoms. The summed E-state index contributed by atoms with van der Waals surface area (Å²) in [5.74, 6) is 0.336. The highest BCUT2D eigenvalue weighted by Gasteiger charge is 2.13. The standard InChI is InChI=1S/C13H13ClFN3O2/c1-19-12-9(13(20-2)18-7-17-12)6-16-11-5-8(14)3-4-10(11)15/h3-5,7,16H,6H2,1-2H3. The minimum atomic E-state index is -0.399. The summed E-state index contributed by atoms with van der Waals surface area (Å²) in [7, 11) is 2.98. The Balaban J connectivity index is 2.24. The van der Waals surface area contributed by atoms with Gasteiger partial charge in [0.05, 0.1) is 32.0 Å². The lowest BCUT2D eigenvalue weighted by Gasteiger charge is -2.12. The van der Waals surface area contributed by atoms with Gasteiger partial charge in [-0.3, -0.25) is 0 Å². The second-order valence-corrected chi connectivity index (χ2v) is 4.28. The van der Waals surface area contributed by atoms with Crippen LogP contribution in [0.5, 0.6) is 11.8 Å². The van der Waals surface area contributed by atoms with Gasteiger partial charge in [0.25, 0.3) is 0 Å². The van der Waals surface area contributed by atoms with Crippen molar-refractivity contribution in [2.75, 3.05) is 19.5 Å². The summed E-state index contributed by atoms with van der Waals surface area (Å²) >= 11 is 5.83. The molecule has 1 N–H and O–H groups in total. The van der Waals surface area contributed by atoms with Crippen LogP contribution in [0.3, 0.4) is 0 Å². The molecule has 0 fully saturated rings. The topological polar surface area (TPSA) is 56.3 Å². The molecule has 0 spiro atoms. The number of aromatic nitrogens is 2. The van der Waals surface area contributed by atoms with Gasteiger partial charge in [0, 0.05) is 5.02 Å². The summed E-state index contributed by atoms with van der Waals surface area (Å²) in [4.78, 5) is 7.97. The fourth-order valence-corrected chi connectivity index (χ4v) is 1.87. The molecule has 2 aromatic rings. The van der Waals surface area contributed by atoms with E-state index in [1.54, 1.807) is 0 Å². The number of hydrogen-bond donors (Lipinski definition) is 1. The molecule has 7 heteroatoms. The first-order valence-corrected chi connectivity index (χ1v) is 6.14. The van der Waals surface area contributed by atoms with Crippen molar-refractivity contribution in [3.63, 3.8) is 0 Å². The van der Waals surface area contributed by atoms with Gasteiger partial charge in [0.15, 0.2) is 0 Å². The minimum Gasteiger partial charge on any atom is -0.481 e. The minimum absolute atomic E-state index is 0.241. The van der Waals surface area contributed by atoms with Crippen LogP contribution in [0.1, 0.15) is 5.56 Å². The molecule has 0 aliphatic rings. The van der Waals surface area contributed by atoms with E-state index >= 15 is 0 Å². The third kappa shape index (κ3) is 3.08. The number of nitrogens with zero attached hydrogens (tertiary/aromatic N) is 2. The molecule has 2 rings (SSSR count). The Morgan fingerprint density at radius 2 is 1.85 bits per heavy atom. The van der Waals surface area contributed by atoms with Crippen LogP contribution >= 0.6 is 11.6 Å². The number of nitrogens with one attached hydrogen (secondary N) is 1. The first-order chi connectivity index (χ1) is 9.65. The van der Waals surface area contributed by atoms with Crippen molar-refractivity contribution >= 4 is 17.3 Å². The number of methoxy groups -OCH3 is 2. The quantitative estimate of drug-likeness (QED) is 0.919. The van der Waals surface area contributed by atoms with Gasteiger partial charge in [0.1, 0.15) is 12.1 Å². The predicted octanol–water partition coefficient (Wildman–Crippen LogP) is 2.90. The molecule has 1 aromatic heterocycles. The highest BCUT2D eigenvalue weighted by Crippen LogP contribution is 2.26. The molecule has 0 atom stereocenters. The molecular weight excluding hydrogens is 285 g/mol. The monoisotopic (exact) mass is 297 g/mol. The molecule has 0 radical (unpaired) electrons. The van der Waals surface area contributed by atoms with Crippen molar-refractivity contribution in [1.29, 1.82) is 0 Å². The summed E-state index contributed by atoms with van der Waals surface area (Å²) in [6.45, 7) is 0.241. The average Bonchev–Trinajstić information content (AvgIpc) is 2.47. The van der Waals surface area contributed by atoms with E-state index in [1.165, 1.54) is 38.7 Å². The lowest BCUT2D eigenvalue weighted by atomic mass is 10.2. The van der Waals surface area contributed by atoms with E-state index in [9.17, 15) is 4.39 Å². The van der Waals surface area contributed by atoms with Crippen LogP contribution in [-0.2, 0) is 6.54 Å². The highest BCUT2D eigenvalue weighted by atomic mass is 35.5. The van der Waals surface area contributed by atoms with Crippen molar-refractivity contribution < 1.29 is 13.9 Å². The van der Waals surface area contributed by atoms with Crippen molar-refractivity contribution in [2.24, 2.45) is 0 Å². The van der Waals surface area contributed by atoms with E-state index in [-0.39, 0.29) is 12.2 Å².